The van der Waals surface area contributed by atoms with Gasteiger partial charge in [0.1, 0.15) is 5.84 Å². The predicted molar refractivity (Wildman–Crippen MR) is 73.2 cm³/mol. The first-order valence-electron chi connectivity index (χ1n) is 6.56. The Morgan fingerprint density at radius 1 is 1.30 bits per heavy atom. The quantitative estimate of drug-likeness (QED) is 0.648. The van der Waals surface area contributed by atoms with Crippen molar-refractivity contribution >= 4 is 11.5 Å². The number of nitrogens with zero attached hydrogens (tertiary/aromatic N) is 1. The van der Waals surface area contributed by atoms with Crippen LogP contribution in [0.15, 0.2) is 18.2 Å². The molecule has 3 nitrogen and oxygen atoms in total. The van der Waals surface area contributed by atoms with E-state index in [1.54, 1.807) is 12.1 Å². The molecule has 2 rings (SSSR count). The number of alkyl halides is 3. The molecule has 0 unspecified atom stereocenters. The van der Waals surface area contributed by atoms with Gasteiger partial charge in [-0.05, 0) is 31.4 Å². The van der Waals surface area contributed by atoms with Crippen molar-refractivity contribution in [2.45, 2.75) is 25.9 Å². The molecular weight excluding hydrogens is 267 g/mol. The van der Waals surface area contributed by atoms with Crippen LogP contribution in [0, 0.1) is 18.3 Å². The van der Waals surface area contributed by atoms with Crippen molar-refractivity contribution in [1.82, 2.24) is 0 Å². The normalized spacial score (nSPS) is 17.3. The first-order chi connectivity index (χ1) is 9.30. The van der Waals surface area contributed by atoms with Crippen LogP contribution in [0.3, 0.4) is 0 Å². The summed E-state index contributed by atoms with van der Waals surface area (Å²) >= 11 is 0. The Kier molecular flexibility index (Phi) is 3.92. The second-order valence-corrected chi connectivity index (χ2v) is 5.19. The van der Waals surface area contributed by atoms with E-state index in [0.29, 0.717) is 18.7 Å². The Bertz CT molecular complexity index is 503. The highest BCUT2D eigenvalue weighted by atomic mass is 19.4. The Labute approximate surface area is 116 Å². The number of anilines is 1. The largest absolute Gasteiger partial charge is 0.391 e. The van der Waals surface area contributed by atoms with Crippen molar-refractivity contribution in [1.29, 1.82) is 5.41 Å². The average molecular weight is 285 g/mol. The van der Waals surface area contributed by atoms with Gasteiger partial charge in [0.15, 0.2) is 0 Å². The van der Waals surface area contributed by atoms with Crippen LogP contribution in [0.2, 0.25) is 0 Å². The average Bonchev–Trinajstić information content (AvgIpc) is 2.37. The second kappa shape index (κ2) is 5.34. The van der Waals surface area contributed by atoms with E-state index >= 15 is 0 Å². The van der Waals surface area contributed by atoms with Crippen molar-refractivity contribution in [3.05, 3.63) is 29.3 Å². The third-order valence-electron chi connectivity index (χ3n) is 3.80. The lowest BCUT2D eigenvalue weighted by Crippen LogP contribution is -2.40. The molecular formula is C14H18F3N3. The van der Waals surface area contributed by atoms with Gasteiger partial charge < -0.3 is 10.6 Å². The number of amidine groups is 1. The Morgan fingerprint density at radius 2 is 1.90 bits per heavy atom. The fourth-order valence-corrected chi connectivity index (χ4v) is 2.73. The molecule has 1 heterocycles. The number of rotatable bonds is 2. The van der Waals surface area contributed by atoms with Gasteiger partial charge in [0, 0.05) is 18.7 Å². The van der Waals surface area contributed by atoms with Gasteiger partial charge in [-0.25, -0.2) is 0 Å². The van der Waals surface area contributed by atoms with Crippen molar-refractivity contribution in [2.24, 2.45) is 11.7 Å². The van der Waals surface area contributed by atoms with Gasteiger partial charge in [-0.15, -0.1) is 0 Å². The van der Waals surface area contributed by atoms with E-state index in [1.165, 1.54) is 0 Å². The molecule has 0 aliphatic carbocycles. The lowest BCUT2D eigenvalue weighted by atomic mass is 9.94. The van der Waals surface area contributed by atoms with E-state index in [0.717, 1.165) is 11.3 Å². The maximum Gasteiger partial charge on any atom is 0.391 e. The minimum atomic E-state index is -4.11. The first kappa shape index (κ1) is 14.7. The summed E-state index contributed by atoms with van der Waals surface area (Å²) in [5, 5.41) is 7.60. The molecule has 1 aliphatic rings. The van der Waals surface area contributed by atoms with Crippen LogP contribution in [0.1, 0.15) is 24.0 Å². The molecule has 6 heteroatoms. The van der Waals surface area contributed by atoms with Crippen molar-refractivity contribution < 1.29 is 13.2 Å². The first-order valence-corrected chi connectivity index (χ1v) is 6.56. The predicted octanol–water partition coefficient (Wildman–Crippen LogP) is 3.06. The molecule has 0 spiro atoms. The van der Waals surface area contributed by atoms with Crippen LogP contribution in [-0.4, -0.2) is 25.1 Å². The number of nitrogen functional groups attached to an aromatic ring is 1. The summed E-state index contributed by atoms with van der Waals surface area (Å²) in [7, 11) is 0. The molecule has 0 radical (unpaired) electrons. The van der Waals surface area contributed by atoms with E-state index in [1.807, 2.05) is 17.9 Å². The van der Waals surface area contributed by atoms with Gasteiger partial charge >= 0.3 is 6.18 Å². The number of hydrogen-bond donors (Lipinski definition) is 2. The van der Waals surface area contributed by atoms with Gasteiger partial charge in [-0.2, -0.15) is 13.2 Å². The number of halogens is 3. The molecule has 3 N–H and O–H groups in total. The van der Waals surface area contributed by atoms with Crippen LogP contribution < -0.4 is 10.6 Å². The highest BCUT2D eigenvalue weighted by Crippen LogP contribution is 2.36. The van der Waals surface area contributed by atoms with Crippen LogP contribution in [0.25, 0.3) is 0 Å². The monoisotopic (exact) mass is 285 g/mol. The minimum absolute atomic E-state index is 0.0540. The van der Waals surface area contributed by atoms with Crippen LogP contribution in [0.4, 0.5) is 18.9 Å². The van der Waals surface area contributed by atoms with E-state index in [9.17, 15) is 13.2 Å². The summed E-state index contributed by atoms with van der Waals surface area (Å²) in [5.74, 6) is -1.27. The van der Waals surface area contributed by atoms with Crippen LogP contribution in [-0.2, 0) is 0 Å². The molecule has 1 aromatic carbocycles. The van der Waals surface area contributed by atoms with Crippen LogP contribution >= 0.6 is 0 Å². The Balaban J connectivity index is 2.21. The van der Waals surface area contributed by atoms with E-state index in [2.05, 4.69) is 0 Å². The summed E-state index contributed by atoms with van der Waals surface area (Å²) in [6.07, 6.45) is -3.93. The van der Waals surface area contributed by atoms with E-state index < -0.39 is 12.1 Å². The number of benzene rings is 1. The topological polar surface area (TPSA) is 53.1 Å². The maximum absolute atomic E-state index is 12.7. The minimum Gasteiger partial charge on any atom is -0.384 e. The zero-order valence-electron chi connectivity index (χ0n) is 11.3. The molecule has 0 amide bonds. The number of nitrogens with two attached hydrogens (primary N) is 1. The fourth-order valence-electron chi connectivity index (χ4n) is 2.73. The second-order valence-electron chi connectivity index (χ2n) is 5.19. The smallest absolute Gasteiger partial charge is 0.384 e. The molecule has 110 valence electrons. The summed E-state index contributed by atoms with van der Waals surface area (Å²) < 4.78 is 38.1. The third-order valence-corrected chi connectivity index (χ3v) is 3.80. The number of hydrogen-bond acceptors (Lipinski definition) is 2. The fraction of sp³-hybridized carbons (Fsp3) is 0.500. The molecule has 0 bridgehead atoms. The molecule has 1 saturated heterocycles. The zero-order chi connectivity index (χ0) is 14.9. The summed E-state index contributed by atoms with van der Waals surface area (Å²) in [6, 6.07) is 5.43. The van der Waals surface area contributed by atoms with Gasteiger partial charge in [0.05, 0.1) is 11.6 Å². The lowest BCUT2D eigenvalue weighted by molar-refractivity contribution is -0.179. The highest BCUT2D eigenvalue weighted by molar-refractivity contribution is 6.01. The lowest BCUT2D eigenvalue weighted by Gasteiger charge is -2.36. The molecule has 1 aromatic rings. The summed E-state index contributed by atoms with van der Waals surface area (Å²) in [5.41, 5.74) is 7.88. The molecule has 0 aromatic heterocycles. The Hall–Kier alpha value is -1.72. The van der Waals surface area contributed by atoms with Crippen molar-refractivity contribution in [2.75, 3.05) is 18.0 Å². The molecule has 0 saturated carbocycles. The number of para-hydroxylation sites is 1. The van der Waals surface area contributed by atoms with Crippen molar-refractivity contribution in [3.63, 3.8) is 0 Å². The van der Waals surface area contributed by atoms with Gasteiger partial charge in [-0.1, -0.05) is 12.1 Å². The third kappa shape index (κ3) is 2.89. The Morgan fingerprint density at radius 3 is 2.40 bits per heavy atom. The van der Waals surface area contributed by atoms with Gasteiger partial charge in [-0.3, -0.25) is 5.41 Å². The van der Waals surface area contributed by atoms with Crippen molar-refractivity contribution in [3.8, 4) is 0 Å². The number of piperidine rings is 1. The summed E-state index contributed by atoms with van der Waals surface area (Å²) in [4.78, 5) is 1.91. The highest BCUT2D eigenvalue weighted by Gasteiger charge is 2.41. The van der Waals surface area contributed by atoms with Crippen LogP contribution in [0.5, 0.6) is 0 Å². The molecule has 20 heavy (non-hydrogen) atoms. The molecule has 1 fully saturated rings. The summed E-state index contributed by atoms with van der Waals surface area (Å²) in [6.45, 7) is 2.57. The standard InChI is InChI=1S/C14H18F3N3/c1-9-3-2-4-11(13(18)19)12(9)20-7-5-10(6-8-20)14(15,16)17/h2-4,10H,5-8H2,1H3,(H3,18,19). The number of aryl methyl sites for hydroxylation is 1. The number of nitrogens with one attached hydrogen (secondary N) is 1. The molecule has 1 aliphatic heterocycles. The zero-order valence-corrected chi connectivity index (χ0v) is 11.3. The SMILES string of the molecule is Cc1cccc(C(=N)N)c1N1CCC(C(F)(F)F)CC1. The van der Waals surface area contributed by atoms with Gasteiger partial charge in [0.25, 0.3) is 0 Å². The molecule has 0 atom stereocenters. The maximum atomic E-state index is 12.7. The van der Waals surface area contributed by atoms with Gasteiger partial charge in [0.2, 0.25) is 0 Å². The van der Waals surface area contributed by atoms with E-state index in [-0.39, 0.29) is 18.7 Å². The van der Waals surface area contributed by atoms with E-state index in [4.69, 9.17) is 11.1 Å².